The van der Waals surface area contributed by atoms with Crippen LogP contribution < -0.4 is 5.56 Å². The van der Waals surface area contributed by atoms with Crippen LogP contribution in [-0.2, 0) is 6.54 Å². The Bertz CT molecular complexity index is 768. The summed E-state index contributed by atoms with van der Waals surface area (Å²) in [5, 5.41) is 0.816. The fourth-order valence-electron chi connectivity index (χ4n) is 2.95. The van der Waals surface area contributed by atoms with E-state index >= 15 is 0 Å². The van der Waals surface area contributed by atoms with E-state index in [-0.39, 0.29) is 17.0 Å². The van der Waals surface area contributed by atoms with Gasteiger partial charge in [0, 0.05) is 31.2 Å². The van der Waals surface area contributed by atoms with Crippen LogP contribution in [-0.4, -0.2) is 33.4 Å². The SMILES string of the molecule is CCn1c(=O)c(C(=O)N(CC(C)C)CC(C)C)cc2cccnc21. The summed E-state index contributed by atoms with van der Waals surface area (Å²) in [5.41, 5.74) is 0.602. The number of fused-ring (bicyclic) bond motifs is 1. The molecule has 0 radical (unpaired) electrons. The first kappa shape index (κ1) is 18.2. The van der Waals surface area contributed by atoms with E-state index in [2.05, 4.69) is 32.7 Å². The molecule has 1 amide bonds. The number of aromatic nitrogens is 2. The second-order valence-electron chi connectivity index (χ2n) is 7.02. The molecule has 0 fully saturated rings. The van der Waals surface area contributed by atoms with Crippen molar-refractivity contribution in [1.82, 2.24) is 14.5 Å². The molecule has 0 aliphatic heterocycles. The van der Waals surface area contributed by atoms with Gasteiger partial charge in [0.2, 0.25) is 0 Å². The van der Waals surface area contributed by atoms with Crippen LogP contribution in [0.15, 0.2) is 29.2 Å². The number of pyridine rings is 2. The summed E-state index contributed by atoms with van der Waals surface area (Å²) in [4.78, 5) is 31.9. The van der Waals surface area contributed by atoms with Crippen LogP contribution in [0.4, 0.5) is 0 Å². The molecular formula is C19H27N3O2. The van der Waals surface area contributed by atoms with E-state index in [0.29, 0.717) is 37.1 Å². The number of nitrogens with zero attached hydrogens (tertiary/aromatic N) is 3. The number of hydrogen-bond acceptors (Lipinski definition) is 3. The van der Waals surface area contributed by atoms with Crippen molar-refractivity contribution < 1.29 is 4.79 Å². The summed E-state index contributed by atoms with van der Waals surface area (Å²) >= 11 is 0. The minimum Gasteiger partial charge on any atom is -0.338 e. The Labute approximate surface area is 143 Å². The zero-order chi connectivity index (χ0) is 17.9. The summed E-state index contributed by atoms with van der Waals surface area (Å²) in [7, 11) is 0. The molecule has 5 heteroatoms. The van der Waals surface area contributed by atoms with Gasteiger partial charge in [-0.15, -0.1) is 0 Å². The van der Waals surface area contributed by atoms with Crippen LogP contribution in [0.5, 0.6) is 0 Å². The van der Waals surface area contributed by atoms with Crippen molar-refractivity contribution in [2.45, 2.75) is 41.2 Å². The van der Waals surface area contributed by atoms with E-state index in [9.17, 15) is 9.59 Å². The lowest BCUT2D eigenvalue weighted by Crippen LogP contribution is -2.40. The average Bonchev–Trinajstić information content (AvgIpc) is 2.52. The highest BCUT2D eigenvalue weighted by Gasteiger charge is 2.22. The summed E-state index contributed by atoms with van der Waals surface area (Å²) < 4.78 is 1.57. The van der Waals surface area contributed by atoms with Crippen molar-refractivity contribution in [3.63, 3.8) is 0 Å². The fourth-order valence-corrected chi connectivity index (χ4v) is 2.95. The molecule has 0 bridgehead atoms. The molecule has 0 aromatic carbocycles. The molecule has 2 rings (SSSR count). The molecule has 24 heavy (non-hydrogen) atoms. The smallest absolute Gasteiger partial charge is 0.265 e. The fraction of sp³-hybridized carbons (Fsp3) is 0.526. The van der Waals surface area contributed by atoms with Crippen molar-refractivity contribution in [2.24, 2.45) is 11.8 Å². The first-order valence-corrected chi connectivity index (χ1v) is 8.63. The quantitative estimate of drug-likeness (QED) is 0.818. The number of amides is 1. The number of carbonyl (C=O) groups is 1. The van der Waals surface area contributed by atoms with Crippen LogP contribution in [0.1, 0.15) is 45.0 Å². The van der Waals surface area contributed by atoms with Crippen LogP contribution >= 0.6 is 0 Å². The maximum Gasteiger partial charge on any atom is 0.265 e. The monoisotopic (exact) mass is 329 g/mol. The first-order chi connectivity index (χ1) is 11.3. The molecule has 0 saturated carbocycles. The average molecular weight is 329 g/mol. The second kappa shape index (κ2) is 7.60. The van der Waals surface area contributed by atoms with E-state index in [1.807, 2.05) is 19.1 Å². The zero-order valence-electron chi connectivity index (χ0n) is 15.2. The number of rotatable bonds is 6. The second-order valence-corrected chi connectivity index (χ2v) is 7.02. The lowest BCUT2D eigenvalue weighted by Gasteiger charge is -2.26. The third kappa shape index (κ3) is 3.83. The molecular weight excluding hydrogens is 302 g/mol. The third-order valence-corrected chi connectivity index (χ3v) is 3.85. The maximum absolute atomic E-state index is 13.0. The molecule has 0 saturated heterocycles. The molecule has 0 unspecified atom stereocenters. The highest BCUT2D eigenvalue weighted by atomic mass is 16.2. The maximum atomic E-state index is 13.0. The largest absolute Gasteiger partial charge is 0.338 e. The molecule has 2 heterocycles. The topological polar surface area (TPSA) is 55.2 Å². The lowest BCUT2D eigenvalue weighted by atomic mass is 10.1. The zero-order valence-corrected chi connectivity index (χ0v) is 15.2. The molecule has 5 nitrogen and oxygen atoms in total. The van der Waals surface area contributed by atoms with E-state index in [0.717, 1.165) is 5.39 Å². The summed E-state index contributed by atoms with van der Waals surface area (Å²) in [6, 6.07) is 5.40. The van der Waals surface area contributed by atoms with Gasteiger partial charge in [0.1, 0.15) is 11.2 Å². The third-order valence-electron chi connectivity index (χ3n) is 3.85. The Hall–Kier alpha value is -2.17. The van der Waals surface area contributed by atoms with Gasteiger partial charge in [-0.05, 0) is 37.0 Å². The normalized spacial score (nSPS) is 11.5. The minimum absolute atomic E-state index is 0.185. The van der Waals surface area contributed by atoms with Gasteiger partial charge in [-0.25, -0.2) is 4.98 Å². The van der Waals surface area contributed by atoms with Crippen molar-refractivity contribution in [2.75, 3.05) is 13.1 Å². The summed E-state index contributed by atoms with van der Waals surface area (Å²) in [6.45, 7) is 12.0. The van der Waals surface area contributed by atoms with E-state index in [4.69, 9.17) is 0 Å². The van der Waals surface area contributed by atoms with E-state index in [1.165, 1.54) is 0 Å². The molecule has 2 aromatic heterocycles. The van der Waals surface area contributed by atoms with Gasteiger partial charge >= 0.3 is 0 Å². The van der Waals surface area contributed by atoms with Gasteiger partial charge in [0.15, 0.2) is 0 Å². The summed E-state index contributed by atoms with van der Waals surface area (Å²) in [5.74, 6) is 0.516. The van der Waals surface area contributed by atoms with E-state index < -0.39 is 0 Å². The van der Waals surface area contributed by atoms with Crippen molar-refractivity contribution >= 4 is 16.9 Å². The molecule has 0 aliphatic rings. The lowest BCUT2D eigenvalue weighted by molar-refractivity contribution is 0.0713. The number of carbonyl (C=O) groups excluding carboxylic acids is 1. The Balaban J connectivity index is 2.55. The minimum atomic E-state index is -0.258. The highest BCUT2D eigenvalue weighted by molar-refractivity contribution is 5.97. The Morgan fingerprint density at radius 1 is 1.21 bits per heavy atom. The molecule has 0 aliphatic carbocycles. The Kier molecular flexibility index (Phi) is 5.75. The highest BCUT2D eigenvalue weighted by Crippen LogP contribution is 2.14. The van der Waals surface area contributed by atoms with Gasteiger partial charge in [0.25, 0.3) is 11.5 Å². The molecule has 0 N–H and O–H groups in total. The van der Waals surface area contributed by atoms with Gasteiger partial charge in [-0.1, -0.05) is 27.7 Å². The van der Waals surface area contributed by atoms with Crippen LogP contribution in [0, 0.1) is 11.8 Å². The summed E-state index contributed by atoms with van der Waals surface area (Å²) in [6.07, 6.45) is 1.67. The number of hydrogen-bond donors (Lipinski definition) is 0. The van der Waals surface area contributed by atoms with Crippen LogP contribution in [0.3, 0.4) is 0 Å². The Morgan fingerprint density at radius 2 is 1.83 bits per heavy atom. The van der Waals surface area contributed by atoms with Crippen molar-refractivity contribution in [3.05, 3.63) is 40.3 Å². The standard InChI is InChI=1S/C19H27N3O2/c1-6-22-17-15(8-7-9-20-17)10-16(19(22)24)18(23)21(11-13(2)3)12-14(4)5/h7-10,13-14H,6,11-12H2,1-5H3. The molecule has 0 atom stereocenters. The van der Waals surface area contributed by atoms with Gasteiger partial charge in [-0.3, -0.25) is 14.2 Å². The van der Waals surface area contributed by atoms with Gasteiger partial charge in [0.05, 0.1) is 0 Å². The van der Waals surface area contributed by atoms with Crippen LogP contribution in [0.25, 0.3) is 11.0 Å². The Morgan fingerprint density at radius 3 is 2.38 bits per heavy atom. The van der Waals surface area contributed by atoms with Crippen molar-refractivity contribution in [1.29, 1.82) is 0 Å². The van der Waals surface area contributed by atoms with Crippen LogP contribution in [0.2, 0.25) is 0 Å². The first-order valence-electron chi connectivity index (χ1n) is 8.63. The molecule has 0 spiro atoms. The van der Waals surface area contributed by atoms with Crippen molar-refractivity contribution in [3.8, 4) is 0 Å². The number of aryl methyl sites for hydroxylation is 1. The predicted octanol–water partition coefficient (Wildman–Crippen LogP) is 3.17. The molecule has 130 valence electrons. The predicted molar refractivity (Wildman–Crippen MR) is 97.3 cm³/mol. The molecule has 2 aromatic rings. The van der Waals surface area contributed by atoms with Gasteiger partial charge in [-0.2, -0.15) is 0 Å². The van der Waals surface area contributed by atoms with Gasteiger partial charge < -0.3 is 4.90 Å². The van der Waals surface area contributed by atoms with E-state index in [1.54, 1.807) is 21.7 Å².